The van der Waals surface area contributed by atoms with Crippen LogP contribution in [0.4, 0.5) is 5.69 Å². The highest BCUT2D eigenvalue weighted by atomic mass is 35.5. The van der Waals surface area contributed by atoms with Crippen molar-refractivity contribution in [1.82, 2.24) is 4.98 Å². The van der Waals surface area contributed by atoms with Gasteiger partial charge in [0.2, 0.25) is 4.87 Å². The lowest BCUT2D eigenvalue weighted by atomic mass is 10.00. The number of para-hydroxylation sites is 1. The van der Waals surface area contributed by atoms with E-state index in [2.05, 4.69) is 4.98 Å². The Bertz CT molecular complexity index is 934. The zero-order valence-electron chi connectivity index (χ0n) is 11.4. The second-order valence-corrected chi connectivity index (χ2v) is 6.68. The SMILES string of the molecule is N#CC(Cl)(c1nc2ccccc2s1)c1ccc([N+](=O)[O-])cc1Cl. The summed E-state index contributed by atoms with van der Waals surface area (Å²) < 4.78 is 0.890. The molecule has 0 saturated heterocycles. The summed E-state index contributed by atoms with van der Waals surface area (Å²) in [6.45, 7) is 0. The predicted octanol–water partition coefficient (Wildman–Crippen LogP) is 4.86. The van der Waals surface area contributed by atoms with Crippen molar-refractivity contribution < 1.29 is 4.92 Å². The minimum absolute atomic E-state index is 0.0509. The van der Waals surface area contributed by atoms with Crippen LogP contribution in [0.15, 0.2) is 42.5 Å². The van der Waals surface area contributed by atoms with Gasteiger partial charge in [-0.25, -0.2) is 4.98 Å². The Kier molecular flexibility index (Phi) is 3.94. The maximum Gasteiger partial charge on any atom is 0.270 e. The van der Waals surface area contributed by atoms with E-state index in [-0.39, 0.29) is 16.3 Å². The Balaban J connectivity index is 2.17. The molecule has 3 rings (SSSR count). The van der Waals surface area contributed by atoms with Gasteiger partial charge in [0.15, 0.2) is 0 Å². The molecule has 23 heavy (non-hydrogen) atoms. The van der Waals surface area contributed by atoms with Crippen LogP contribution in [0.1, 0.15) is 10.6 Å². The summed E-state index contributed by atoms with van der Waals surface area (Å²) in [5.41, 5.74) is 0.832. The van der Waals surface area contributed by atoms with Crippen molar-refractivity contribution in [2.24, 2.45) is 0 Å². The van der Waals surface area contributed by atoms with E-state index in [1.54, 1.807) is 0 Å². The molecule has 0 aliphatic heterocycles. The van der Waals surface area contributed by atoms with Crippen LogP contribution in [0.25, 0.3) is 10.2 Å². The van der Waals surface area contributed by atoms with Crippen LogP contribution in [0, 0.1) is 21.4 Å². The van der Waals surface area contributed by atoms with E-state index in [4.69, 9.17) is 23.2 Å². The third-order valence-electron chi connectivity index (χ3n) is 3.28. The van der Waals surface area contributed by atoms with Gasteiger partial charge in [0, 0.05) is 17.7 Å². The number of nitro groups is 1. The third-order valence-corrected chi connectivity index (χ3v) is 5.33. The van der Waals surface area contributed by atoms with Crippen LogP contribution in [0.2, 0.25) is 5.02 Å². The average molecular weight is 364 g/mol. The average Bonchev–Trinajstić information content (AvgIpc) is 2.98. The summed E-state index contributed by atoms with van der Waals surface area (Å²) in [6.07, 6.45) is 0. The van der Waals surface area contributed by atoms with E-state index in [1.165, 1.54) is 29.5 Å². The Morgan fingerprint density at radius 2 is 2.04 bits per heavy atom. The van der Waals surface area contributed by atoms with Gasteiger partial charge in [-0.15, -0.1) is 11.3 Å². The predicted molar refractivity (Wildman–Crippen MR) is 90.0 cm³/mol. The van der Waals surface area contributed by atoms with Crippen LogP contribution in [0.5, 0.6) is 0 Å². The molecule has 1 heterocycles. The first kappa shape index (κ1) is 15.7. The molecule has 8 heteroatoms. The molecule has 2 aromatic carbocycles. The van der Waals surface area contributed by atoms with Crippen molar-refractivity contribution >= 4 is 50.4 Å². The zero-order valence-corrected chi connectivity index (χ0v) is 13.7. The molecular weight excluding hydrogens is 357 g/mol. The second-order valence-electron chi connectivity index (χ2n) is 4.68. The summed E-state index contributed by atoms with van der Waals surface area (Å²) in [4.78, 5) is 13.1. The van der Waals surface area contributed by atoms with E-state index in [1.807, 2.05) is 30.3 Å². The molecule has 0 aliphatic carbocycles. The molecule has 0 fully saturated rings. The lowest BCUT2D eigenvalue weighted by Crippen LogP contribution is -2.18. The monoisotopic (exact) mass is 363 g/mol. The fraction of sp³-hybridized carbons (Fsp3) is 0.0667. The van der Waals surface area contributed by atoms with E-state index in [0.717, 1.165) is 10.2 Å². The van der Waals surface area contributed by atoms with Gasteiger partial charge in [-0.2, -0.15) is 5.26 Å². The molecule has 0 N–H and O–H groups in total. The number of nitrogens with zero attached hydrogens (tertiary/aromatic N) is 3. The summed E-state index contributed by atoms with van der Waals surface area (Å²) in [5.74, 6) is 0. The van der Waals surface area contributed by atoms with Crippen molar-refractivity contribution in [2.75, 3.05) is 0 Å². The molecule has 1 aromatic heterocycles. The molecular formula is C15H7Cl2N3O2S. The summed E-state index contributed by atoms with van der Waals surface area (Å²) in [7, 11) is 0. The van der Waals surface area contributed by atoms with Gasteiger partial charge < -0.3 is 0 Å². The molecule has 114 valence electrons. The first-order valence-corrected chi connectivity index (χ1v) is 7.93. The standard InChI is InChI=1S/C15H7Cl2N3O2S/c16-11-7-9(20(21)22)5-6-10(11)15(17,8-18)14-19-12-3-1-2-4-13(12)23-14/h1-7H. The maximum absolute atomic E-state index is 10.8. The first-order chi connectivity index (χ1) is 11.0. The van der Waals surface area contributed by atoms with E-state index in [0.29, 0.717) is 5.01 Å². The van der Waals surface area contributed by atoms with Gasteiger partial charge in [-0.3, -0.25) is 10.1 Å². The zero-order chi connectivity index (χ0) is 16.6. The highest BCUT2D eigenvalue weighted by molar-refractivity contribution is 7.19. The number of nitro benzene ring substituents is 1. The highest BCUT2D eigenvalue weighted by Crippen LogP contribution is 2.43. The van der Waals surface area contributed by atoms with Gasteiger partial charge in [0.1, 0.15) is 5.01 Å². The van der Waals surface area contributed by atoms with Crippen LogP contribution < -0.4 is 0 Å². The van der Waals surface area contributed by atoms with Gasteiger partial charge in [0.05, 0.1) is 26.2 Å². The van der Waals surface area contributed by atoms with Gasteiger partial charge >= 0.3 is 0 Å². The molecule has 0 saturated carbocycles. The van der Waals surface area contributed by atoms with Crippen LogP contribution in [-0.4, -0.2) is 9.91 Å². The summed E-state index contributed by atoms with van der Waals surface area (Å²) in [6, 6.07) is 13.3. The molecule has 0 amide bonds. The third kappa shape index (κ3) is 2.63. The number of halogens is 2. The molecule has 0 bridgehead atoms. The Hall–Kier alpha value is -2.20. The number of nitriles is 1. The topological polar surface area (TPSA) is 79.8 Å². The van der Waals surface area contributed by atoms with Crippen molar-refractivity contribution in [2.45, 2.75) is 4.87 Å². The normalized spacial score (nSPS) is 13.4. The molecule has 5 nitrogen and oxygen atoms in total. The van der Waals surface area contributed by atoms with Crippen LogP contribution in [-0.2, 0) is 4.87 Å². The quantitative estimate of drug-likeness (QED) is 0.377. The highest BCUT2D eigenvalue weighted by Gasteiger charge is 2.38. The number of hydrogen-bond acceptors (Lipinski definition) is 5. The van der Waals surface area contributed by atoms with Crippen molar-refractivity contribution in [3.05, 3.63) is 68.2 Å². The molecule has 3 aromatic rings. The summed E-state index contributed by atoms with van der Waals surface area (Å²) >= 11 is 13.9. The Labute approximate surface area is 144 Å². The molecule has 1 unspecified atom stereocenters. The maximum atomic E-state index is 10.8. The number of benzene rings is 2. The van der Waals surface area contributed by atoms with E-state index >= 15 is 0 Å². The number of rotatable bonds is 3. The van der Waals surface area contributed by atoms with Gasteiger partial charge in [-0.1, -0.05) is 35.3 Å². The van der Waals surface area contributed by atoms with E-state index in [9.17, 15) is 15.4 Å². The smallest absolute Gasteiger partial charge is 0.258 e. The number of alkyl halides is 1. The largest absolute Gasteiger partial charge is 0.270 e. The van der Waals surface area contributed by atoms with Crippen molar-refractivity contribution in [3.63, 3.8) is 0 Å². The van der Waals surface area contributed by atoms with Crippen LogP contribution in [0.3, 0.4) is 0 Å². The van der Waals surface area contributed by atoms with E-state index < -0.39 is 9.80 Å². The lowest BCUT2D eigenvalue weighted by Gasteiger charge is -2.17. The number of hydrogen-bond donors (Lipinski definition) is 0. The fourth-order valence-corrected chi connectivity index (χ4v) is 3.84. The number of non-ortho nitro benzene ring substituents is 1. The lowest BCUT2D eigenvalue weighted by molar-refractivity contribution is -0.384. The first-order valence-electron chi connectivity index (χ1n) is 6.36. The minimum Gasteiger partial charge on any atom is -0.258 e. The van der Waals surface area contributed by atoms with Gasteiger partial charge in [0.25, 0.3) is 5.69 Å². The molecule has 1 atom stereocenters. The van der Waals surface area contributed by atoms with Crippen molar-refractivity contribution in [3.8, 4) is 6.07 Å². The Morgan fingerprint density at radius 3 is 2.65 bits per heavy atom. The molecule has 0 spiro atoms. The fourth-order valence-electron chi connectivity index (χ4n) is 2.14. The van der Waals surface area contributed by atoms with Crippen LogP contribution >= 0.6 is 34.5 Å². The number of aromatic nitrogens is 1. The number of fused-ring (bicyclic) bond motifs is 1. The minimum atomic E-state index is -1.60. The second kappa shape index (κ2) is 5.78. The van der Waals surface area contributed by atoms with Crippen molar-refractivity contribution in [1.29, 1.82) is 5.26 Å². The molecule has 0 radical (unpaired) electrons. The summed E-state index contributed by atoms with van der Waals surface area (Å²) in [5, 5.41) is 20.8. The number of thiazole rings is 1. The molecule has 0 aliphatic rings. The van der Waals surface area contributed by atoms with Gasteiger partial charge in [-0.05, 0) is 18.2 Å². The Morgan fingerprint density at radius 1 is 1.30 bits per heavy atom.